The lowest BCUT2D eigenvalue weighted by molar-refractivity contribution is -0.113. The quantitative estimate of drug-likeness (QED) is 0.504. The van der Waals surface area contributed by atoms with Crippen LogP contribution in [-0.4, -0.2) is 24.1 Å². The lowest BCUT2D eigenvalue weighted by Gasteiger charge is -2.14. The summed E-state index contributed by atoms with van der Waals surface area (Å²) < 4.78 is 17.4. The van der Waals surface area contributed by atoms with Crippen LogP contribution in [0.15, 0.2) is 45.8 Å². The molecule has 0 saturated carbocycles. The Morgan fingerprint density at radius 3 is 2.85 bits per heavy atom. The molecule has 5 nitrogen and oxygen atoms in total. The maximum absolute atomic E-state index is 12.9. The van der Waals surface area contributed by atoms with E-state index in [1.807, 2.05) is 18.2 Å². The topological polar surface area (TPSA) is 48.0 Å². The van der Waals surface area contributed by atoms with Gasteiger partial charge in [-0.2, -0.15) is 0 Å². The monoisotopic (exact) mass is 449 g/mol. The number of amides is 1. The van der Waals surface area contributed by atoms with E-state index in [0.29, 0.717) is 32.2 Å². The number of halogens is 1. The van der Waals surface area contributed by atoms with Gasteiger partial charge in [-0.15, -0.1) is 0 Å². The first-order valence-corrected chi connectivity index (χ1v) is 9.60. The fourth-order valence-corrected chi connectivity index (χ4v) is 4.34. The highest BCUT2D eigenvalue weighted by Gasteiger charge is 2.34. The summed E-state index contributed by atoms with van der Waals surface area (Å²) in [6.07, 6.45) is 1.79. The molecule has 0 atom stereocenters. The van der Waals surface area contributed by atoms with Crippen molar-refractivity contribution in [3.8, 4) is 17.2 Å². The minimum atomic E-state index is -0.180. The normalized spacial score (nSPS) is 17.3. The van der Waals surface area contributed by atoms with Crippen molar-refractivity contribution in [2.24, 2.45) is 0 Å². The Morgan fingerprint density at radius 1 is 1.23 bits per heavy atom. The Kier molecular flexibility index (Phi) is 4.64. The van der Waals surface area contributed by atoms with Crippen molar-refractivity contribution < 1.29 is 19.0 Å². The number of carbonyl (C=O) groups is 1. The van der Waals surface area contributed by atoms with Gasteiger partial charge in [-0.05, 0) is 36.4 Å². The largest absolute Gasteiger partial charge is 0.496 e. The number of fused-ring (bicyclic) bond motifs is 1. The van der Waals surface area contributed by atoms with Crippen LogP contribution in [0.4, 0.5) is 5.69 Å². The third-order valence-corrected chi connectivity index (χ3v) is 5.68. The van der Waals surface area contributed by atoms with Gasteiger partial charge in [0, 0.05) is 16.1 Å². The van der Waals surface area contributed by atoms with Crippen LogP contribution < -0.4 is 19.1 Å². The van der Waals surface area contributed by atoms with Crippen molar-refractivity contribution in [3.05, 3.63) is 51.3 Å². The van der Waals surface area contributed by atoms with Gasteiger partial charge >= 0.3 is 0 Å². The van der Waals surface area contributed by atoms with Crippen molar-refractivity contribution in [2.75, 3.05) is 18.8 Å². The molecule has 0 N–H and O–H groups in total. The molecule has 2 aromatic rings. The highest BCUT2D eigenvalue weighted by molar-refractivity contribution is 9.10. The molecule has 8 heteroatoms. The molecule has 2 heterocycles. The number of anilines is 1. The second kappa shape index (κ2) is 6.94. The van der Waals surface area contributed by atoms with Crippen LogP contribution in [0.3, 0.4) is 0 Å². The van der Waals surface area contributed by atoms with E-state index in [2.05, 4.69) is 15.9 Å². The van der Waals surface area contributed by atoms with E-state index >= 15 is 0 Å². The molecule has 0 aromatic heterocycles. The van der Waals surface area contributed by atoms with Gasteiger partial charge in [-0.3, -0.25) is 9.69 Å². The van der Waals surface area contributed by atoms with Gasteiger partial charge < -0.3 is 14.2 Å². The summed E-state index contributed by atoms with van der Waals surface area (Å²) in [5, 5.41) is 0. The van der Waals surface area contributed by atoms with E-state index in [4.69, 9.17) is 26.4 Å². The van der Waals surface area contributed by atoms with Gasteiger partial charge in [0.2, 0.25) is 6.79 Å². The standard InChI is InChI=1S/C18H12BrNO4S2/c1-22-13-4-2-11(19)6-10(13)7-16-17(21)20(18(25)26-16)12-3-5-14-15(8-12)24-9-23-14/h2-8H,9H2,1H3/b16-7+. The number of thioether (sulfide) groups is 1. The lowest BCUT2D eigenvalue weighted by Crippen LogP contribution is -2.27. The molecular formula is C18H12BrNO4S2. The van der Waals surface area contributed by atoms with E-state index in [0.717, 1.165) is 10.0 Å². The number of ether oxygens (including phenoxy) is 3. The van der Waals surface area contributed by atoms with Gasteiger partial charge in [0.15, 0.2) is 15.8 Å². The molecule has 2 aliphatic heterocycles. The molecule has 26 heavy (non-hydrogen) atoms. The van der Waals surface area contributed by atoms with E-state index in [9.17, 15) is 4.79 Å². The summed E-state index contributed by atoms with van der Waals surface area (Å²) in [5.74, 6) is 1.77. The molecule has 0 radical (unpaired) electrons. The van der Waals surface area contributed by atoms with Crippen LogP contribution in [0.5, 0.6) is 17.2 Å². The van der Waals surface area contributed by atoms with Crippen LogP contribution in [0, 0.1) is 0 Å². The molecule has 1 saturated heterocycles. The van der Waals surface area contributed by atoms with Gasteiger partial charge in [0.05, 0.1) is 17.7 Å². The summed E-state index contributed by atoms with van der Waals surface area (Å²) in [4.78, 5) is 15.0. The van der Waals surface area contributed by atoms with Crippen LogP contribution in [0.2, 0.25) is 0 Å². The molecule has 132 valence electrons. The predicted octanol–water partition coefficient (Wildman–Crippen LogP) is 4.59. The molecule has 2 aromatic carbocycles. The van der Waals surface area contributed by atoms with Crippen molar-refractivity contribution >= 4 is 61.9 Å². The smallest absolute Gasteiger partial charge is 0.270 e. The van der Waals surface area contributed by atoms with Crippen LogP contribution >= 0.6 is 39.9 Å². The molecule has 4 rings (SSSR count). The highest BCUT2D eigenvalue weighted by Crippen LogP contribution is 2.41. The van der Waals surface area contributed by atoms with Gasteiger partial charge in [-0.25, -0.2) is 0 Å². The molecular weight excluding hydrogens is 438 g/mol. The number of methoxy groups -OCH3 is 1. The number of benzene rings is 2. The summed E-state index contributed by atoms with van der Waals surface area (Å²) in [6.45, 7) is 0.180. The Hall–Kier alpha value is -2.03. The van der Waals surface area contributed by atoms with Crippen LogP contribution in [0.25, 0.3) is 6.08 Å². The van der Waals surface area contributed by atoms with Crippen molar-refractivity contribution in [1.82, 2.24) is 0 Å². The van der Waals surface area contributed by atoms with Gasteiger partial charge in [0.1, 0.15) is 5.75 Å². The minimum absolute atomic E-state index is 0.180. The Labute approximate surface area is 168 Å². The second-order valence-electron chi connectivity index (χ2n) is 5.44. The van der Waals surface area contributed by atoms with E-state index in [1.165, 1.54) is 16.7 Å². The number of hydrogen-bond acceptors (Lipinski definition) is 6. The van der Waals surface area contributed by atoms with Crippen molar-refractivity contribution in [2.45, 2.75) is 0 Å². The average molecular weight is 450 g/mol. The number of thiocarbonyl (C=S) groups is 1. The van der Waals surface area contributed by atoms with Crippen molar-refractivity contribution in [3.63, 3.8) is 0 Å². The van der Waals surface area contributed by atoms with E-state index in [1.54, 1.807) is 31.4 Å². The fraction of sp³-hybridized carbons (Fsp3) is 0.111. The SMILES string of the molecule is COc1ccc(Br)cc1/C=C1/SC(=S)N(c2ccc3c(c2)OCO3)C1=O. The molecule has 2 aliphatic rings. The first kappa shape index (κ1) is 17.4. The zero-order chi connectivity index (χ0) is 18.3. The molecule has 0 bridgehead atoms. The minimum Gasteiger partial charge on any atom is -0.496 e. The van der Waals surface area contributed by atoms with Crippen LogP contribution in [-0.2, 0) is 4.79 Å². The maximum Gasteiger partial charge on any atom is 0.270 e. The van der Waals surface area contributed by atoms with Gasteiger partial charge in [0.25, 0.3) is 5.91 Å². The third kappa shape index (κ3) is 3.08. The lowest BCUT2D eigenvalue weighted by atomic mass is 10.2. The molecule has 0 aliphatic carbocycles. The molecule has 0 spiro atoms. The number of carbonyl (C=O) groups excluding carboxylic acids is 1. The molecule has 0 unspecified atom stereocenters. The first-order chi connectivity index (χ1) is 12.6. The Bertz CT molecular complexity index is 960. The predicted molar refractivity (Wildman–Crippen MR) is 109 cm³/mol. The maximum atomic E-state index is 12.9. The third-order valence-electron chi connectivity index (χ3n) is 3.89. The summed E-state index contributed by atoms with van der Waals surface area (Å²) >= 11 is 10.1. The first-order valence-electron chi connectivity index (χ1n) is 7.58. The summed E-state index contributed by atoms with van der Waals surface area (Å²) in [5.41, 5.74) is 1.45. The van der Waals surface area contributed by atoms with Crippen LogP contribution in [0.1, 0.15) is 5.56 Å². The Balaban J connectivity index is 1.69. The highest BCUT2D eigenvalue weighted by atomic mass is 79.9. The zero-order valence-electron chi connectivity index (χ0n) is 13.5. The van der Waals surface area contributed by atoms with Gasteiger partial charge in [-0.1, -0.05) is 39.9 Å². The Morgan fingerprint density at radius 2 is 2.04 bits per heavy atom. The number of nitrogens with zero attached hydrogens (tertiary/aromatic N) is 1. The average Bonchev–Trinajstić information content (AvgIpc) is 3.19. The van der Waals surface area contributed by atoms with E-state index < -0.39 is 0 Å². The molecule has 1 amide bonds. The molecule has 1 fully saturated rings. The van der Waals surface area contributed by atoms with E-state index in [-0.39, 0.29) is 12.7 Å². The summed E-state index contributed by atoms with van der Waals surface area (Å²) in [7, 11) is 1.60. The second-order valence-corrected chi connectivity index (χ2v) is 8.03. The zero-order valence-corrected chi connectivity index (χ0v) is 16.7. The number of rotatable bonds is 3. The summed E-state index contributed by atoms with van der Waals surface area (Å²) in [6, 6.07) is 10.9. The number of hydrogen-bond donors (Lipinski definition) is 0. The fourth-order valence-electron chi connectivity index (χ4n) is 2.67. The van der Waals surface area contributed by atoms with Crippen molar-refractivity contribution in [1.29, 1.82) is 0 Å².